The summed E-state index contributed by atoms with van der Waals surface area (Å²) in [6, 6.07) is 6.21. The van der Waals surface area contributed by atoms with Gasteiger partial charge in [-0.3, -0.25) is 10.1 Å². The number of benzene rings is 1. The predicted octanol–water partition coefficient (Wildman–Crippen LogP) is 2.21. The van der Waals surface area contributed by atoms with Crippen molar-refractivity contribution < 1.29 is 4.92 Å². The number of hydrazine groups is 1. The number of nitrogens with zero attached hydrogens (tertiary/aromatic N) is 3. The van der Waals surface area contributed by atoms with Gasteiger partial charge in [0, 0.05) is 29.0 Å². The fourth-order valence-electron chi connectivity index (χ4n) is 2.03. The minimum atomic E-state index is -0.446. The van der Waals surface area contributed by atoms with Gasteiger partial charge in [0.05, 0.1) is 4.92 Å². The van der Waals surface area contributed by atoms with E-state index in [-0.39, 0.29) is 5.69 Å². The van der Waals surface area contributed by atoms with E-state index in [0.717, 1.165) is 17.7 Å². The second-order valence-corrected chi connectivity index (χ2v) is 4.27. The van der Waals surface area contributed by atoms with Crippen LogP contribution in [0.15, 0.2) is 24.3 Å². The number of nitrogens with one attached hydrogen (secondary N) is 1. The van der Waals surface area contributed by atoms with Crippen molar-refractivity contribution in [3.63, 3.8) is 0 Å². The summed E-state index contributed by atoms with van der Waals surface area (Å²) in [5, 5.41) is 10.8. The lowest BCUT2D eigenvalue weighted by molar-refractivity contribution is -0.384. The molecular formula is C13H15N5O2. The van der Waals surface area contributed by atoms with Crippen LogP contribution < -0.4 is 11.3 Å². The average molecular weight is 273 g/mol. The highest BCUT2D eigenvalue weighted by Gasteiger charge is 2.13. The molecule has 104 valence electrons. The molecule has 0 radical (unpaired) electrons. The predicted molar refractivity (Wildman–Crippen MR) is 76.0 cm³/mol. The van der Waals surface area contributed by atoms with Gasteiger partial charge in [-0.15, -0.1) is 0 Å². The van der Waals surface area contributed by atoms with E-state index < -0.39 is 4.92 Å². The second-order valence-electron chi connectivity index (χ2n) is 4.27. The summed E-state index contributed by atoms with van der Waals surface area (Å²) in [6.07, 6.45) is 0.751. The number of rotatable bonds is 4. The monoisotopic (exact) mass is 273 g/mol. The van der Waals surface area contributed by atoms with Gasteiger partial charge in [0.1, 0.15) is 5.82 Å². The van der Waals surface area contributed by atoms with Crippen LogP contribution in [0.2, 0.25) is 0 Å². The maximum atomic E-state index is 10.8. The molecule has 1 aromatic heterocycles. The lowest BCUT2D eigenvalue weighted by atomic mass is 10.1. The molecule has 0 aliphatic rings. The highest BCUT2D eigenvalue weighted by molar-refractivity contribution is 5.62. The Morgan fingerprint density at radius 2 is 2.15 bits per heavy atom. The molecule has 3 N–H and O–H groups in total. The van der Waals surface area contributed by atoms with E-state index in [0.29, 0.717) is 17.2 Å². The number of aromatic nitrogens is 2. The van der Waals surface area contributed by atoms with Gasteiger partial charge in [0.25, 0.3) is 5.69 Å². The Morgan fingerprint density at radius 3 is 2.75 bits per heavy atom. The maximum Gasteiger partial charge on any atom is 0.270 e. The number of hydrogen-bond acceptors (Lipinski definition) is 6. The molecule has 0 unspecified atom stereocenters. The van der Waals surface area contributed by atoms with E-state index in [1.54, 1.807) is 12.1 Å². The number of nitrogens with two attached hydrogens (primary N) is 1. The van der Waals surface area contributed by atoms with Gasteiger partial charge < -0.3 is 5.43 Å². The van der Waals surface area contributed by atoms with E-state index in [1.165, 1.54) is 12.1 Å². The fourth-order valence-corrected chi connectivity index (χ4v) is 2.03. The third-order valence-electron chi connectivity index (χ3n) is 3.02. The Hall–Kier alpha value is -2.54. The molecular weight excluding hydrogens is 258 g/mol. The van der Waals surface area contributed by atoms with Crippen molar-refractivity contribution in [3.05, 3.63) is 45.6 Å². The maximum absolute atomic E-state index is 10.8. The summed E-state index contributed by atoms with van der Waals surface area (Å²) in [6.45, 7) is 3.85. The largest absolute Gasteiger partial charge is 0.308 e. The number of non-ortho nitro benzene ring substituents is 1. The van der Waals surface area contributed by atoms with Crippen molar-refractivity contribution in [2.45, 2.75) is 20.3 Å². The van der Waals surface area contributed by atoms with Crippen LogP contribution in [0.25, 0.3) is 11.4 Å². The van der Waals surface area contributed by atoms with Gasteiger partial charge in [-0.2, -0.15) is 0 Å². The molecule has 0 aliphatic carbocycles. The molecule has 0 fully saturated rings. The summed E-state index contributed by atoms with van der Waals surface area (Å²) in [4.78, 5) is 19.1. The van der Waals surface area contributed by atoms with E-state index >= 15 is 0 Å². The van der Waals surface area contributed by atoms with Crippen molar-refractivity contribution in [2.75, 3.05) is 5.43 Å². The zero-order chi connectivity index (χ0) is 14.7. The van der Waals surface area contributed by atoms with E-state index in [4.69, 9.17) is 5.84 Å². The number of nitro benzene ring substituents is 1. The second kappa shape index (κ2) is 5.62. The molecule has 20 heavy (non-hydrogen) atoms. The highest BCUT2D eigenvalue weighted by Crippen LogP contribution is 2.24. The van der Waals surface area contributed by atoms with Crippen LogP contribution in [0.4, 0.5) is 11.5 Å². The van der Waals surface area contributed by atoms with Crippen LogP contribution >= 0.6 is 0 Å². The van der Waals surface area contributed by atoms with E-state index in [9.17, 15) is 10.1 Å². The average Bonchev–Trinajstić information content (AvgIpc) is 2.46. The summed E-state index contributed by atoms with van der Waals surface area (Å²) < 4.78 is 0. The molecule has 2 rings (SSSR count). The van der Waals surface area contributed by atoms with Crippen LogP contribution in [0.3, 0.4) is 0 Å². The normalized spacial score (nSPS) is 10.3. The minimum absolute atomic E-state index is 0.00517. The zero-order valence-corrected chi connectivity index (χ0v) is 11.3. The third-order valence-corrected chi connectivity index (χ3v) is 3.02. The molecule has 0 saturated carbocycles. The summed E-state index contributed by atoms with van der Waals surface area (Å²) >= 11 is 0. The molecule has 0 aliphatic heterocycles. The number of nitro groups is 1. The number of anilines is 1. The van der Waals surface area contributed by atoms with Crippen molar-refractivity contribution in [3.8, 4) is 11.4 Å². The van der Waals surface area contributed by atoms with Crippen LogP contribution in [-0.2, 0) is 6.42 Å². The smallest absolute Gasteiger partial charge is 0.270 e. The molecule has 1 heterocycles. The summed E-state index contributed by atoms with van der Waals surface area (Å²) in [5.41, 5.74) is 4.87. The standard InChI is InChI=1S/C13H15N5O2/c1-3-11-8(2)15-12(16-13(11)17-14)9-5-4-6-10(7-9)18(19)20/h4-7H,3,14H2,1-2H3,(H,15,16,17). The van der Waals surface area contributed by atoms with Gasteiger partial charge in [-0.1, -0.05) is 19.1 Å². The molecule has 1 aromatic carbocycles. The lowest BCUT2D eigenvalue weighted by Crippen LogP contribution is -2.13. The van der Waals surface area contributed by atoms with Crippen molar-refractivity contribution in [1.29, 1.82) is 0 Å². The minimum Gasteiger partial charge on any atom is -0.308 e. The van der Waals surface area contributed by atoms with Crippen LogP contribution in [-0.4, -0.2) is 14.9 Å². The molecule has 7 heteroatoms. The Labute approximate surface area is 116 Å². The Kier molecular flexibility index (Phi) is 3.90. The molecule has 7 nitrogen and oxygen atoms in total. The quantitative estimate of drug-likeness (QED) is 0.502. The van der Waals surface area contributed by atoms with E-state index in [2.05, 4.69) is 15.4 Å². The number of hydrogen-bond donors (Lipinski definition) is 2. The lowest BCUT2D eigenvalue weighted by Gasteiger charge is -2.11. The van der Waals surface area contributed by atoms with Crippen LogP contribution in [0.5, 0.6) is 0 Å². The first-order valence-electron chi connectivity index (χ1n) is 6.15. The SMILES string of the molecule is CCc1c(C)nc(-c2cccc([N+](=O)[O-])c2)nc1NN. The molecule has 0 bridgehead atoms. The molecule has 0 atom stereocenters. The summed E-state index contributed by atoms with van der Waals surface area (Å²) in [5.74, 6) is 6.43. The fraction of sp³-hybridized carbons (Fsp3) is 0.231. The van der Waals surface area contributed by atoms with Gasteiger partial charge in [-0.05, 0) is 13.3 Å². The van der Waals surface area contributed by atoms with Gasteiger partial charge in [0.15, 0.2) is 5.82 Å². The van der Waals surface area contributed by atoms with Crippen molar-refractivity contribution in [1.82, 2.24) is 9.97 Å². The Bertz CT molecular complexity index is 657. The first kappa shape index (κ1) is 13.9. The number of aryl methyl sites for hydroxylation is 1. The van der Waals surface area contributed by atoms with Gasteiger partial charge >= 0.3 is 0 Å². The topological polar surface area (TPSA) is 107 Å². The Morgan fingerprint density at radius 1 is 1.40 bits per heavy atom. The molecule has 0 amide bonds. The molecule has 2 aromatic rings. The van der Waals surface area contributed by atoms with Gasteiger partial charge in [0.2, 0.25) is 0 Å². The zero-order valence-electron chi connectivity index (χ0n) is 11.3. The van der Waals surface area contributed by atoms with Crippen LogP contribution in [0.1, 0.15) is 18.2 Å². The van der Waals surface area contributed by atoms with Crippen molar-refractivity contribution in [2.24, 2.45) is 5.84 Å². The third kappa shape index (κ3) is 2.57. The van der Waals surface area contributed by atoms with Crippen molar-refractivity contribution >= 4 is 11.5 Å². The molecule has 0 saturated heterocycles. The van der Waals surface area contributed by atoms with E-state index in [1.807, 2.05) is 13.8 Å². The first-order valence-corrected chi connectivity index (χ1v) is 6.15. The number of nitrogen functional groups attached to an aromatic ring is 1. The Balaban J connectivity index is 2.55. The highest BCUT2D eigenvalue weighted by atomic mass is 16.6. The first-order chi connectivity index (χ1) is 9.56. The molecule has 0 spiro atoms. The van der Waals surface area contributed by atoms with Crippen LogP contribution in [0, 0.1) is 17.0 Å². The van der Waals surface area contributed by atoms with Gasteiger partial charge in [-0.25, -0.2) is 15.8 Å². The summed E-state index contributed by atoms with van der Waals surface area (Å²) in [7, 11) is 0.